The summed E-state index contributed by atoms with van der Waals surface area (Å²) in [6, 6.07) is 17.2. The molecule has 1 atom stereocenters. The highest BCUT2D eigenvalue weighted by molar-refractivity contribution is 7.16. The lowest BCUT2D eigenvalue weighted by molar-refractivity contribution is 0.192. The summed E-state index contributed by atoms with van der Waals surface area (Å²) in [7, 11) is 0. The van der Waals surface area contributed by atoms with Crippen molar-refractivity contribution in [2.24, 2.45) is 0 Å². The smallest absolute Gasteiger partial charge is 0.145 e. The summed E-state index contributed by atoms with van der Waals surface area (Å²) in [4.78, 5) is 11.1. The van der Waals surface area contributed by atoms with Crippen molar-refractivity contribution < 1.29 is 4.74 Å². The Hall–Kier alpha value is -2.76. The quantitative estimate of drug-likeness (QED) is 0.457. The minimum atomic E-state index is 0.349. The molecule has 4 nitrogen and oxygen atoms in total. The molecule has 0 N–H and O–H groups in total. The third-order valence-corrected chi connectivity index (χ3v) is 6.28. The number of hydrogen-bond acceptors (Lipinski definition) is 5. The van der Waals surface area contributed by atoms with Crippen LogP contribution in [0.2, 0.25) is 0 Å². The molecule has 5 heteroatoms. The maximum Gasteiger partial charge on any atom is 0.145 e. The molecule has 140 valence electrons. The van der Waals surface area contributed by atoms with Crippen LogP contribution < -0.4 is 4.74 Å². The summed E-state index contributed by atoms with van der Waals surface area (Å²) >= 11 is 1.69. The SMILES string of the molecule is CC(c1ccc2scnc2c1)N1CCc2ccc(Oc3cccnc3)cc2C1. The fourth-order valence-corrected chi connectivity index (χ4v) is 4.50. The molecular formula is C23H21N3OS. The first-order chi connectivity index (χ1) is 13.8. The van der Waals surface area contributed by atoms with Crippen molar-refractivity contribution in [1.29, 1.82) is 0 Å². The number of benzene rings is 2. The molecule has 28 heavy (non-hydrogen) atoms. The van der Waals surface area contributed by atoms with E-state index in [2.05, 4.69) is 58.2 Å². The third-order valence-electron chi connectivity index (χ3n) is 5.47. The number of hydrogen-bond donors (Lipinski definition) is 0. The average Bonchev–Trinajstić information content (AvgIpc) is 3.21. The van der Waals surface area contributed by atoms with E-state index in [4.69, 9.17) is 4.74 Å². The zero-order chi connectivity index (χ0) is 18.9. The summed E-state index contributed by atoms with van der Waals surface area (Å²) in [5.74, 6) is 1.63. The van der Waals surface area contributed by atoms with Crippen LogP contribution in [0.4, 0.5) is 0 Å². The normalized spacial score (nSPS) is 15.3. The van der Waals surface area contributed by atoms with Crippen molar-refractivity contribution in [2.45, 2.75) is 25.9 Å². The van der Waals surface area contributed by atoms with Gasteiger partial charge < -0.3 is 4.74 Å². The second-order valence-corrected chi connectivity index (χ2v) is 8.08. The van der Waals surface area contributed by atoms with E-state index in [1.165, 1.54) is 21.4 Å². The van der Waals surface area contributed by atoms with Gasteiger partial charge in [0, 0.05) is 25.3 Å². The lowest BCUT2D eigenvalue weighted by atomic mass is 9.96. The van der Waals surface area contributed by atoms with Gasteiger partial charge in [-0.05, 0) is 66.4 Å². The summed E-state index contributed by atoms with van der Waals surface area (Å²) in [5.41, 5.74) is 7.09. The average molecular weight is 388 g/mol. The van der Waals surface area contributed by atoms with Crippen molar-refractivity contribution in [3.63, 3.8) is 0 Å². The second kappa shape index (κ2) is 7.34. The number of fused-ring (bicyclic) bond motifs is 2. The molecule has 0 radical (unpaired) electrons. The molecule has 2 aromatic carbocycles. The van der Waals surface area contributed by atoms with Gasteiger partial charge >= 0.3 is 0 Å². The first-order valence-corrected chi connectivity index (χ1v) is 10.4. The van der Waals surface area contributed by atoms with Gasteiger partial charge in [-0.2, -0.15) is 0 Å². The van der Waals surface area contributed by atoms with E-state index in [1.807, 2.05) is 17.6 Å². The highest BCUT2D eigenvalue weighted by atomic mass is 32.1. The van der Waals surface area contributed by atoms with Crippen LogP contribution in [0.1, 0.15) is 29.7 Å². The van der Waals surface area contributed by atoms with Crippen LogP contribution in [-0.4, -0.2) is 21.4 Å². The lowest BCUT2D eigenvalue weighted by Crippen LogP contribution is -2.32. The molecule has 0 saturated heterocycles. The zero-order valence-corrected chi connectivity index (χ0v) is 16.5. The van der Waals surface area contributed by atoms with Gasteiger partial charge in [-0.15, -0.1) is 11.3 Å². The fraction of sp³-hybridized carbons (Fsp3) is 0.217. The molecule has 0 spiro atoms. The highest BCUT2D eigenvalue weighted by Gasteiger charge is 2.22. The predicted octanol–water partition coefficient (Wildman–Crippen LogP) is 5.60. The van der Waals surface area contributed by atoms with Crippen LogP contribution >= 0.6 is 11.3 Å². The summed E-state index contributed by atoms with van der Waals surface area (Å²) in [6.45, 7) is 4.27. The molecule has 1 aliphatic heterocycles. The lowest BCUT2D eigenvalue weighted by Gasteiger charge is -2.34. The number of pyridine rings is 1. The Kier molecular flexibility index (Phi) is 4.55. The Morgan fingerprint density at radius 3 is 2.93 bits per heavy atom. The largest absolute Gasteiger partial charge is 0.456 e. The van der Waals surface area contributed by atoms with E-state index in [-0.39, 0.29) is 0 Å². The fourth-order valence-electron chi connectivity index (χ4n) is 3.84. The van der Waals surface area contributed by atoms with Crippen LogP contribution in [0.3, 0.4) is 0 Å². The minimum absolute atomic E-state index is 0.349. The molecule has 4 aromatic rings. The number of thiazole rings is 1. The third kappa shape index (κ3) is 3.39. The number of rotatable bonds is 4. The molecule has 5 rings (SSSR count). The summed E-state index contributed by atoms with van der Waals surface area (Å²) < 4.78 is 7.22. The van der Waals surface area contributed by atoms with Crippen molar-refractivity contribution in [2.75, 3.05) is 6.54 Å². The maximum atomic E-state index is 5.98. The Labute approximate surface area is 168 Å². The Morgan fingerprint density at radius 1 is 1.07 bits per heavy atom. The van der Waals surface area contributed by atoms with Crippen molar-refractivity contribution in [3.05, 3.63) is 83.1 Å². The molecule has 3 heterocycles. The van der Waals surface area contributed by atoms with Gasteiger partial charge in [0.1, 0.15) is 11.5 Å². The Morgan fingerprint density at radius 2 is 2.04 bits per heavy atom. The van der Waals surface area contributed by atoms with Crippen LogP contribution in [0.25, 0.3) is 10.2 Å². The van der Waals surface area contributed by atoms with E-state index < -0.39 is 0 Å². The molecule has 0 bridgehead atoms. The molecule has 1 aliphatic rings. The van der Waals surface area contributed by atoms with E-state index in [1.54, 1.807) is 23.7 Å². The van der Waals surface area contributed by atoms with E-state index >= 15 is 0 Å². The molecule has 0 fully saturated rings. The molecule has 0 amide bonds. The number of ether oxygens (including phenoxy) is 1. The molecule has 0 saturated carbocycles. The van der Waals surface area contributed by atoms with Gasteiger partial charge in [-0.3, -0.25) is 9.88 Å². The number of aromatic nitrogens is 2. The van der Waals surface area contributed by atoms with E-state index in [0.717, 1.165) is 36.5 Å². The van der Waals surface area contributed by atoms with Crippen LogP contribution in [0.15, 0.2) is 66.4 Å². The van der Waals surface area contributed by atoms with Gasteiger partial charge in [0.25, 0.3) is 0 Å². The Bertz CT molecular complexity index is 1110. The van der Waals surface area contributed by atoms with Gasteiger partial charge in [-0.1, -0.05) is 12.1 Å². The molecule has 1 unspecified atom stereocenters. The first-order valence-electron chi connectivity index (χ1n) is 9.53. The van der Waals surface area contributed by atoms with Gasteiger partial charge in [-0.25, -0.2) is 4.98 Å². The van der Waals surface area contributed by atoms with Crippen LogP contribution in [0.5, 0.6) is 11.5 Å². The Balaban J connectivity index is 1.36. The van der Waals surface area contributed by atoms with Crippen LogP contribution in [-0.2, 0) is 13.0 Å². The minimum Gasteiger partial charge on any atom is -0.456 e. The maximum absolute atomic E-state index is 5.98. The zero-order valence-electron chi connectivity index (χ0n) is 15.7. The summed E-state index contributed by atoms with van der Waals surface area (Å²) in [6.07, 6.45) is 4.55. The van der Waals surface area contributed by atoms with Crippen molar-refractivity contribution in [3.8, 4) is 11.5 Å². The highest BCUT2D eigenvalue weighted by Crippen LogP contribution is 2.32. The van der Waals surface area contributed by atoms with E-state index in [9.17, 15) is 0 Å². The van der Waals surface area contributed by atoms with E-state index in [0.29, 0.717) is 6.04 Å². The standard InChI is InChI=1S/C23H21N3OS/c1-16(18-5-7-23-22(12-18)25-15-28-23)26-10-8-17-4-6-20(11-19(17)14-26)27-21-3-2-9-24-13-21/h2-7,9,11-13,15-16H,8,10,14H2,1H3. The molecule has 2 aromatic heterocycles. The first kappa shape index (κ1) is 17.3. The number of nitrogens with zero attached hydrogens (tertiary/aromatic N) is 3. The molecule has 0 aliphatic carbocycles. The van der Waals surface area contributed by atoms with Gasteiger partial charge in [0.05, 0.1) is 21.9 Å². The predicted molar refractivity (Wildman–Crippen MR) is 113 cm³/mol. The second-order valence-electron chi connectivity index (χ2n) is 7.20. The van der Waals surface area contributed by atoms with Crippen molar-refractivity contribution >= 4 is 21.6 Å². The van der Waals surface area contributed by atoms with Gasteiger partial charge in [0.15, 0.2) is 0 Å². The molecular weight excluding hydrogens is 366 g/mol. The topological polar surface area (TPSA) is 38.2 Å². The van der Waals surface area contributed by atoms with Crippen molar-refractivity contribution in [1.82, 2.24) is 14.9 Å². The van der Waals surface area contributed by atoms with Gasteiger partial charge in [0.2, 0.25) is 0 Å². The monoisotopic (exact) mass is 387 g/mol. The van der Waals surface area contributed by atoms with Crippen LogP contribution in [0, 0.1) is 0 Å². The summed E-state index contributed by atoms with van der Waals surface area (Å²) in [5, 5.41) is 0.